The molecule has 0 unspecified atom stereocenters. The van der Waals surface area contributed by atoms with E-state index in [2.05, 4.69) is 10.3 Å². The van der Waals surface area contributed by atoms with E-state index < -0.39 is 11.7 Å². The Bertz CT molecular complexity index is 523. The molecule has 4 nitrogen and oxygen atoms in total. The monoisotopic (exact) mass is 289 g/mol. The maximum absolute atomic E-state index is 13.0. The van der Waals surface area contributed by atoms with Crippen molar-refractivity contribution in [3.05, 3.63) is 23.8 Å². The number of thioether (sulfide) groups is 1. The van der Waals surface area contributed by atoms with E-state index in [1.54, 1.807) is 12.4 Å². The number of benzene rings is 1. The van der Waals surface area contributed by atoms with E-state index in [4.69, 9.17) is 10.00 Å². The number of halogens is 3. The first kappa shape index (κ1) is 15.2. The minimum atomic E-state index is -4.60. The Kier molecular flexibility index (Phi) is 5.06. The molecule has 0 spiro atoms. The van der Waals surface area contributed by atoms with Crippen LogP contribution >= 0.6 is 11.8 Å². The average Bonchev–Trinajstić information content (AvgIpc) is 2.36. The molecule has 19 heavy (non-hydrogen) atoms. The number of aliphatic imine (C=N–C) groups is 1. The summed E-state index contributed by atoms with van der Waals surface area (Å²) in [5, 5.41) is 10.8. The smallest absolute Gasteiger partial charge is 0.422 e. The zero-order valence-corrected chi connectivity index (χ0v) is 10.9. The van der Waals surface area contributed by atoms with Crippen molar-refractivity contribution < 1.29 is 17.9 Å². The number of nitrogens with zero attached hydrogens (tertiary/aromatic N) is 2. The number of alkyl halides is 3. The molecule has 1 aromatic carbocycles. The van der Waals surface area contributed by atoms with Crippen molar-refractivity contribution in [3.8, 4) is 11.9 Å². The van der Waals surface area contributed by atoms with Crippen LogP contribution in [0.3, 0.4) is 0 Å². The molecule has 0 fully saturated rings. The van der Waals surface area contributed by atoms with Crippen LogP contribution in [0.1, 0.15) is 5.56 Å². The van der Waals surface area contributed by atoms with Crippen LogP contribution in [0.15, 0.2) is 23.2 Å². The fraction of sp³-hybridized carbons (Fsp3) is 0.273. The Morgan fingerprint density at radius 2 is 2.16 bits per heavy atom. The second-order valence-electron chi connectivity index (χ2n) is 3.21. The van der Waals surface area contributed by atoms with Crippen molar-refractivity contribution in [1.82, 2.24) is 5.32 Å². The molecule has 8 heteroatoms. The number of hydrogen-bond acceptors (Lipinski definition) is 4. The van der Waals surface area contributed by atoms with Crippen molar-refractivity contribution in [1.29, 1.82) is 5.26 Å². The fourth-order valence-electron chi connectivity index (χ4n) is 1.35. The van der Waals surface area contributed by atoms with E-state index in [9.17, 15) is 13.2 Å². The van der Waals surface area contributed by atoms with Crippen LogP contribution in [-0.4, -0.2) is 18.5 Å². The van der Waals surface area contributed by atoms with Crippen LogP contribution in [0.2, 0.25) is 0 Å². The SMILES string of the molecule is COc1cccc(N=C(NC#N)SC)c1C(F)(F)F. The third-order valence-corrected chi connectivity index (χ3v) is 2.67. The molecule has 0 saturated carbocycles. The van der Waals surface area contributed by atoms with Gasteiger partial charge in [-0.2, -0.15) is 18.4 Å². The maximum Gasteiger partial charge on any atom is 0.422 e. The zero-order valence-electron chi connectivity index (χ0n) is 10.1. The van der Waals surface area contributed by atoms with Gasteiger partial charge < -0.3 is 4.74 Å². The Balaban J connectivity index is 3.40. The molecule has 1 rings (SSSR count). The lowest BCUT2D eigenvalue weighted by molar-refractivity contribution is -0.138. The highest BCUT2D eigenvalue weighted by molar-refractivity contribution is 8.13. The average molecular weight is 289 g/mol. The first-order chi connectivity index (χ1) is 8.93. The standard InChI is InChI=1S/C11H10F3N3OS/c1-18-8-5-3-4-7(9(8)11(12,13)14)17-10(19-2)16-6-15/h3-5H,1-2H3,(H,16,17). The van der Waals surface area contributed by atoms with E-state index in [1.165, 1.54) is 18.2 Å². The molecule has 1 aromatic rings. The van der Waals surface area contributed by atoms with Gasteiger partial charge in [0.25, 0.3) is 0 Å². The van der Waals surface area contributed by atoms with E-state index in [-0.39, 0.29) is 16.6 Å². The molecule has 1 N–H and O–H groups in total. The second-order valence-corrected chi connectivity index (χ2v) is 4.00. The molecule has 0 heterocycles. The quantitative estimate of drug-likeness (QED) is 0.393. The lowest BCUT2D eigenvalue weighted by Crippen LogP contribution is -2.14. The number of methoxy groups -OCH3 is 1. The van der Waals surface area contributed by atoms with E-state index in [1.807, 2.05) is 0 Å². The summed E-state index contributed by atoms with van der Waals surface area (Å²) < 4.78 is 43.7. The number of nitrogens with one attached hydrogen (secondary N) is 1. The van der Waals surface area contributed by atoms with Gasteiger partial charge >= 0.3 is 6.18 Å². The molecule has 0 aliphatic rings. The van der Waals surface area contributed by atoms with E-state index in [0.717, 1.165) is 18.9 Å². The highest BCUT2D eigenvalue weighted by atomic mass is 32.2. The van der Waals surface area contributed by atoms with Crippen LogP contribution in [0.5, 0.6) is 5.75 Å². The predicted molar refractivity (Wildman–Crippen MR) is 67.4 cm³/mol. The number of amidine groups is 1. The van der Waals surface area contributed by atoms with Crippen LogP contribution in [0.25, 0.3) is 0 Å². The van der Waals surface area contributed by atoms with Gasteiger partial charge in [-0.3, -0.25) is 5.32 Å². The fourth-order valence-corrected chi connectivity index (χ4v) is 1.69. The molecular formula is C11H10F3N3OS. The van der Waals surface area contributed by atoms with Crippen molar-refractivity contribution >= 4 is 22.6 Å². The van der Waals surface area contributed by atoms with Crippen LogP contribution in [0.4, 0.5) is 18.9 Å². The molecule has 0 saturated heterocycles. The van der Waals surface area contributed by atoms with Crippen molar-refractivity contribution in [2.45, 2.75) is 6.18 Å². The van der Waals surface area contributed by atoms with Crippen molar-refractivity contribution in [2.24, 2.45) is 4.99 Å². The zero-order chi connectivity index (χ0) is 14.5. The van der Waals surface area contributed by atoms with Crippen molar-refractivity contribution in [3.63, 3.8) is 0 Å². The number of ether oxygens (including phenoxy) is 1. The molecule has 0 aromatic heterocycles. The summed E-state index contributed by atoms with van der Waals surface area (Å²) in [5.41, 5.74) is -1.28. The largest absolute Gasteiger partial charge is 0.496 e. The lowest BCUT2D eigenvalue weighted by atomic mass is 10.1. The van der Waals surface area contributed by atoms with Crippen LogP contribution < -0.4 is 10.1 Å². The van der Waals surface area contributed by atoms with Crippen LogP contribution in [-0.2, 0) is 6.18 Å². The van der Waals surface area contributed by atoms with Gasteiger partial charge in [-0.15, -0.1) is 0 Å². The highest BCUT2D eigenvalue weighted by Gasteiger charge is 2.37. The molecule has 0 radical (unpaired) electrons. The Labute approximate surface area is 112 Å². The third kappa shape index (κ3) is 3.79. The summed E-state index contributed by atoms with van der Waals surface area (Å²) in [6.07, 6.45) is -1.39. The van der Waals surface area contributed by atoms with Gasteiger partial charge in [0.05, 0.1) is 12.8 Å². The van der Waals surface area contributed by atoms with Gasteiger partial charge in [0, 0.05) is 0 Å². The molecular weight excluding hydrogens is 279 g/mol. The minimum Gasteiger partial charge on any atom is -0.496 e. The normalized spacial score (nSPS) is 11.9. The summed E-state index contributed by atoms with van der Waals surface area (Å²) in [6, 6.07) is 3.82. The first-order valence-corrected chi connectivity index (χ1v) is 6.18. The third-order valence-electron chi connectivity index (χ3n) is 2.09. The summed E-state index contributed by atoms with van der Waals surface area (Å²) in [6.45, 7) is 0. The highest BCUT2D eigenvalue weighted by Crippen LogP contribution is 2.42. The molecule has 102 valence electrons. The van der Waals surface area contributed by atoms with Crippen LogP contribution in [0, 0.1) is 11.5 Å². The van der Waals surface area contributed by atoms with Gasteiger partial charge in [0.1, 0.15) is 11.3 Å². The first-order valence-electron chi connectivity index (χ1n) is 4.96. The molecule has 0 aliphatic carbocycles. The summed E-state index contributed by atoms with van der Waals surface area (Å²) in [5.74, 6) is -0.314. The van der Waals surface area contributed by atoms with Gasteiger partial charge in [0.15, 0.2) is 11.4 Å². The van der Waals surface area contributed by atoms with E-state index >= 15 is 0 Å². The maximum atomic E-state index is 13.0. The minimum absolute atomic E-state index is 0.0706. The molecule has 0 atom stereocenters. The number of rotatable bonds is 2. The van der Waals surface area contributed by atoms with E-state index in [0.29, 0.717) is 0 Å². The number of hydrogen-bond donors (Lipinski definition) is 1. The Morgan fingerprint density at radius 3 is 2.63 bits per heavy atom. The topological polar surface area (TPSA) is 57.4 Å². The predicted octanol–water partition coefficient (Wildman–Crippen LogP) is 3.14. The lowest BCUT2D eigenvalue weighted by Gasteiger charge is -2.14. The molecule has 0 aliphatic heterocycles. The number of nitriles is 1. The molecule has 0 amide bonds. The second kappa shape index (κ2) is 6.33. The summed E-state index contributed by atoms with van der Waals surface area (Å²) >= 11 is 1.03. The Hall–Kier alpha value is -1.88. The van der Waals surface area contributed by atoms with Gasteiger partial charge in [-0.1, -0.05) is 17.8 Å². The molecule has 0 bridgehead atoms. The van der Waals surface area contributed by atoms with Gasteiger partial charge in [-0.05, 0) is 18.4 Å². The van der Waals surface area contributed by atoms with Gasteiger partial charge in [-0.25, -0.2) is 4.99 Å². The summed E-state index contributed by atoms with van der Waals surface area (Å²) in [7, 11) is 1.15. The van der Waals surface area contributed by atoms with Crippen molar-refractivity contribution in [2.75, 3.05) is 13.4 Å². The Morgan fingerprint density at radius 1 is 1.47 bits per heavy atom. The summed E-state index contributed by atoms with van der Waals surface area (Å²) in [4.78, 5) is 3.79. The van der Waals surface area contributed by atoms with Gasteiger partial charge in [0.2, 0.25) is 0 Å².